The van der Waals surface area contributed by atoms with Crippen LogP contribution in [-0.4, -0.2) is 35.7 Å². The van der Waals surface area contributed by atoms with Gasteiger partial charge in [-0.2, -0.15) is 0 Å². The zero-order valence-electron chi connectivity index (χ0n) is 6.58. The van der Waals surface area contributed by atoms with Gasteiger partial charge in [-0.1, -0.05) is 6.92 Å². The molecular formula is C5H15N2O3P. The molecule has 0 unspecified atom stereocenters. The monoisotopic (exact) mass is 182 g/mol. The van der Waals surface area contributed by atoms with Crippen molar-refractivity contribution >= 4 is 7.60 Å². The molecule has 0 heterocycles. The summed E-state index contributed by atoms with van der Waals surface area (Å²) >= 11 is 0. The number of nitrogens with one attached hydrogen (secondary N) is 2. The molecule has 0 aromatic rings. The summed E-state index contributed by atoms with van der Waals surface area (Å²) in [7, 11) is -3.85. The molecule has 0 aromatic heterocycles. The Morgan fingerprint density at radius 2 is 1.82 bits per heavy atom. The molecule has 0 bridgehead atoms. The van der Waals surface area contributed by atoms with Gasteiger partial charge < -0.3 is 20.4 Å². The molecule has 68 valence electrons. The van der Waals surface area contributed by atoms with Gasteiger partial charge in [0.2, 0.25) is 0 Å². The summed E-state index contributed by atoms with van der Waals surface area (Å²) < 4.78 is 10.3. The molecule has 0 aromatic carbocycles. The second-order valence-corrected chi connectivity index (χ2v) is 3.82. The summed E-state index contributed by atoms with van der Waals surface area (Å²) in [5.74, 6) is 0. The van der Waals surface area contributed by atoms with E-state index in [1.165, 1.54) is 0 Å². The van der Waals surface area contributed by atoms with Crippen molar-refractivity contribution in [2.75, 3.05) is 25.9 Å². The van der Waals surface area contributed by atoms with Crippen molar-refractivity contribution in [1.82, 2.24) is 10.6 Å². The third-order valence-corrected chi connectivity index (χ3v) is 1.68. The molecule has 11 heavy (non-hydrogen) atoms. The van der Waals surface area contributed by atoms with Gasteiger partial charge in [0.25, 0.3) is 0 Å². The summed E-state index contributed by atoms with van der Waals surface area (Å²) in [4.78, 5) is 16.8. The van der Waals surface area contributed by atoms with Crippen LogP contribution in [0.25, 0.3) is 0 Å². The first kappa shape index (κ1) is 11.1. The minimum absolute atomic E-state index is 0.238. The van der Waals surface area contributed by atoms with Gasteiger partial charge in [-0.3, -0.25) is 4.57 Å². The molecule has 0 aliphatic carbocycles. The minimum atomic E-state index is -3.85. The lowest BCUT2D eigenvalue weighted by Gasteiger charge is -2.05. The Hall–Kier alpha value is 0.0700. The molecule has 0 aliphatic heterocycles. The number of likely N-dealkylation sites (N-methyl/N-ethyl adjacent to an activating group) is 1. The van der Waals surface area contributed by atoms with Crippen LogP contribution in [0.2, 0.25) is 0 Å². The predicted molar refractivity (Wildman–Crippen MR) is 43.5 cm³/mol. The molecule has 0 saturated carbocycles. The van der Waals surface area contributed by atoms with Gasteiger partial charge in [-0.05, 0) is 6.54 Å². The molecule has 0 amide bonds. The highest BCUT2D eigenvalue weighted by Gasteiger charge is 2.10. The molecular weight excluding hydrogens is 167 g/mol. The van der Waals surface area contributed by atoms with Crippen molar-refractivity contribution in [3.8, 4) is 0 Å². The summed E-state index contributed by atoms with van der Waals surface area (Å²) in [6.07, 6.45) is -0.238. The molecule has 0 fully saturated rings. The summed E-state index contributed by atoms with van der Waals surface area (Å²) in [6.45, 7) is 4.16. The van der Waals surface area contributed by atoms with Crippen molar-refractivity contribution < 1.29 is 14.4 Å². The van der Waals surface area contributed by atoms with E-state index in [0.29, 0.717) is 6.54 Å². The molecule has 0 atom stereocenters. The smallest absolute Gasteiger partial charge is 0.324 e. The molecule has 0 rings (SSSR count). The zero-order valence-corrected chi connectivity index (χ0v) is 7.47. The van der Waals surface area contributed by atoms with Crippen molar-refractivity contribution in [3.63, 3.8) is 0 Å². The third-order valence-electron chi connectivity index (χ3n) is 1.05. The van der Waals surface area contributed by atoms with Gasteiger partial charge in [0.05, 0.1) is 6.29 Å². The lowest BCUT2D eigenvalue weighted by Crippen LogP contribution is -2.27. The number of hydrogen-bond donors (Lipinski definition) is 4. The summed E-state index contributed by atoms with van der Waals surface area (Å²) in [5.41, 5.74) is 0. The average molecular weight is 182 g/mol. The second-order valence-electron chi connectivity index (χ2n) is 2.18. The van der Waals surface area contributed by atoms with Gasteiger partial charge in [-0.15, -0.1) is 0 Å². The summed E-state index contributed by atoms with van der Waals surface area (Å²) in [5, 5.41) is 5.65. The van der Waals surface area contributed by atoms with Crippen LogP contribution in [0, 0.1) is 0 Å². The molecule has 4 N–H and O–H groups in total. The third kappa shape index (κ3) is 10.1. The van der Waals surface area contributed by atoms with E-state index < -0.39 is 7.60 Å². The number of rotatable bonds is 6. The quantitative estimate of drug-likeness (QED) is 0.323. The van der Waals surface area contributed by atoms with Gasteiger partial charge in [0, 0.05) is 13.1 Å². The first-order valence-electron chi connectivity index (χ1n) is 3.52. The maximum Gasteiger partial charge on any atom is 0.339 e. The van der Waals surface area contributed by atoms with Crippen molar-refractivity contribution in [2.45, 2.75) is 6.92 Å². The first-order chi connectivity index (χ1) is 5.06. The van der Waals surface area contributed by atoms with Crippen LogP contribution in [0.3, 0.4) is 0 Å². The molecule has 0 radical (unpaired) electrons. The average Bonchev–Trinajstić information content (AvgIpc) is 1.85. The standard InChI is InChI=1S/C5H15N2O3P/c1-2-6-3-4-7-5-11(8,9)10/h6-7H,2-5H2,1H3,(H2,8,9,10). The number of hydrogen-bond acceptors (Lipinski definition) is 3. The van der Waals surface area contributed by atoms with Gasteiger partial charge in [0.15, 0.2) is 0 Å². The van der Waals surface area contributed by atoms with Crippen LogP contribution >= 0.6 is 7.60 Å². The van der Waals surface area contributed by atoms with Crippen LogP contribution in [0.1, 0.15) is 6.92 Å². The fourth-order valence-corrected chi connectivity index (χ4v) is 1.03. The van der Waals surface area contributed by atoms with E-state index in [0.717, 1.165) is 13.1 Å². The zero-order chi connectivity index (χ0) is 8.74. The summed E-state index contributed by atoms with van der Waals surface area (Å²) in [6, 6.07) is 0. The Kier molecular flexibility index (Phi) is 5.72. The minimum Gasteiger partial charge on any atom is -0.324 e. The first-order valence-corrected chi connectivity index (χ1v) is 5.32. The molecule has 0 saturated heterocycles. The highest BCUT2D eigenvalue weighted by Crippen LogP contribution is 2.31. The van der Waals surface area contributed by atoms with Crippen molar-refractivity contribution in [1.29, 1.82) is 0 Å². The maximum atomic E-state index is 10.3. The Morgan fingerprint density at radius 3 is 2.27 bits per heavy atom. The van der Waals surface area contributed by atoms with Crippen LogP contribution in [0.15, 0.2) is 0 Å². The lowest BCUT2D eigenvalue weighted by molar-refractivity contribution is 0.368. The van der Waals surface area contributed by atoms with E-state index in [1.807, 2.05) is 6.92 Å². The fraction of sp³-hybridized carbons (Fsp3) is 1.00. The van der Waals surface area contributed by atoms with Crippen LogP contribution in [0.4, 0.5) is 0 Å². The van der Waals surface area contributed by atoms with Gasteiger partial charge >= 0.3 is 7.60 Å². The molecule has 0 spiro atoms. The predicted octanol–water partition coefficient (Wildman–Crippen LogP) is -0.679. The van der Waals surface area contributed by atoms with Crippen molar-refractivity contribution in [2.24, 2.45) is 0 Å². The van der Waals surface area contributed by atoms with E-state index in [-0.39, 0.29) is 6.29 Å². The fourth-order valence-electron chi connectivity index (χ4n) is 0.578. The largest absolute Gasteiger partial charge is 0.339 e. The maximum absolute atomic E-state index is 10.3. The Bertz CT molecular complexity index is 136. The van der Waals surface area contributed by atoms with Crippen LogP contribution in [0.5, 0.6) is 0 Å². The highest BCUT2D eigenvalue weighted by molar-refractivity contribution is 7.51. The van der Waals surface area contributed by atoms with E-state index in [9.17, 15) is 4.57 Å². The van der Waals surface area contributed by atoms with Crippen molar-refractivity contribution in [3.05, 3.63) is 0 Å². The van der Waals surface area contributed by atoms with Gasteiger partial charge in [0.1, 0.15) is 0 Å². The van der Waals surface area contributed by atoms with Crippen LogP contribution < -0.4 is 10.6 Å². The molecule has 6 heteroatoms. The van der Waals surface area contributed by atoms with Gasteiger partial charge in [-0.25, -0.2) is 0 Å². The topological polar surface area (TPSA) is 81.6 Å². The van der Waals surface area contributed by atoms with Crippen LogP contribution in [-0.2, 0) is 4.57 Å². The Labute approximate surface area is 66.4 Å². The van der Waals surface area contributed by atoms with E-state index >= 15 is 0 Å². The molecule has 0 aliphatic rings. The molecule has 5 nitrogen and oxygen atoms in total. The van der Waals surface area contributed by atoms with E-state index in [2.05, 4.69) is 10.6 Å². The second kappa shape index (κ2) is 5.69. The highest BCUT2D eigenvalue weighted by atomic mass is 31.2. The Balaban J connectivity index is 3.09. The normalized spacial score (nSPS) is 11.9. The van der Waals surface area contributed by atoms with E-state index in [4.69, 9.17) is 9.79 Å². The lowest BCUT2D eigenvalue weighted by atomic mass is 10.6. The SMILES string of the molecule is CCNCCNCP(=O)(O)O. The van der Waals surface area contributed by atoms with E-state index in [1.54, 1.807) is 0 Å². The Morgan fingerprint density at radius 1 is 1.27 bits per heavy atom.